The minimum Gasteiger partial charge on any atom is -0.492 e. The molecule has 25 heavy (non-hydrogen) atoms. The first kappa shape index (κ1) is 17.3. The lowest BCUT2D eigenvalue weighted by Crippen LogP contribution is -2.45. The maximum Gasteiger partial charge on any atom is 0.317 e. The molecule has 1 heterocycles. The highest BCUT2D eigenvalue weighted by atomic mass is 19.1. The minimum atomic E-state index is -0.331. The third kappa shape index (κ3) is 4.95. The maximum absolute atomic E-state index is 13.0. The Hall–Kier alpha value is -2.56. The second kappa shape index (κ2) is 8.51. The molecule has 1 fully saturated rings. The van der Waals surface area contributed by atoms with E-state index in [0.717, 1.165) is 25.9 Å². The molecule has 1 saturated heterocycles. The van der Waals surface area contributed by atoms with Crippen molar-refractivity contribution in [1.82, 2.24) is 10.2 Å². The zero-order valence-corrected chi connectivity index (χ0v) is 14.2. The molecule has 4 nitrogen and oxygen atoms in total. The summed E-state index contributed by atoms with van der Waals surface area (Å²) >= 11 is 0. The molecule has 1 aliphatic rings. The van der Waals surface area contributed by atoms with E-state index >= 15 is 0 Å². The fourth-order valence-corrected chi connectivity index (χ4v) is 3.14. The van der Waals surface area contributed by atoms with Crippen LogP contribution < -0.4 is 10.1 Å². The van der Waals surface area contributed by atoms with Gasteiger partial charge in [-0.1, -0.05) is 36.4 Å². The summed E-state index contributed by atoms with van der Waals surface area (Å²) in [6, 6.07) is 16.4. The van der Waals surface area contributed by atoms with Crippen molar-refractivity contribution in [3.63, 3.8) is 0 Å². The van der Waals surface area contributed by atoms with Crippen molar-refractivity contribution in [2.75, 3.05) is 26.2 Å². The molecule has 0 atom stereocenters. The number of nitrogens with one attached hydrogen (secondary N) is 1. The van der Waals surface area contributed by atoms with Crippen LogP contribution in [-0.4, -0.2) is 37.2 Å². The molecule has 0 aromatic heterocycles. The number of benzene rings is 2. The normalized spacial score (nSPS) is 15.0. The summed E-state index contributed by atoms with van der Waals surface area (Å²) < 4.78 is 18.5. The first-order valence-electron chi connectivity index (χ1n) is 8.68. The Bertz CT molecular complexity index is 685. The lowest BCUT2D eigenvalue weighted by molar-refractivity contribution is 0.179. The zero-order valence-electron chi connectivity index (χ0n) is 14.2. The third-order valence-corrected chi connectivity index (χ3v) is 4.50. The first-order chi connectivity index (χ1) is 12.2. The average molecular weight is 342 g/mol. The highest BCUT2D eigenvalue weighted by Gasteiger charge is 2.23. The van der Waals surface area contributed by atoms with Crippen LogP contribution in [-0.2, 0) is 0 Å². The average Bonchev–Trinajstić information content (AvgIpc) is 2.66. The summed E-state index contributed by atoms with van der Waals surface area (Å²) in [6.07, 6.45) is 1.97. The number of hydrogen-bond acceptors (Lipinski definition) is 2. The third-order valence-electron chi connectivity index (χ3n) is 4.50. The largest absolute Gasteiger partial charge is 0.492 e. The van der Waals surface area contributed by atoms with Gasteiger partial charge in [0.25, 0.3) is 0 Å². The van der Waals surface area contributed by atoms with E-state index in [0.29, 0.717) is 24.8 Å². The standard InChI is InChI=1S/C20H23FN2O2/c21-18-7-4-8-19(15-18)25-14-11-22-20(24)23-12-9-17(10-13-23)16-5-2-1-3-6-16/h1-8,15,17H,9-14H2,(H,22,24). The van der Waals surface area contributed by atoms with Crippen molar-refractivity contribution in [2.24, 2.45) is 0 Å². The second-order valence-electron chi connectivity index (χ2n) is 6.21. The van der Waals surface area contributed by atoms with Gasteiger partial charge in [0.05, 0.1) is 6.54 Å². The number of carbonyl (C=O) groups is 1. The Morgan fingerprint density at radius 2 is 1.88 bits per heavy atom. The predicted molar refractivity (Wildman–Crippen MR) is 95.3 cm³/mol. The predicted octanol–water partition coefficient (Wildman–Crippen LogP) is 3.79. The second-order valence-corrected chi connectivity index (χ2v) is 6.21. The van der Waals surface area contributed by atoms with Crippen LogP contribution in [0.5, 0.6) is 5.75 Å². The summed E-state index contributed by atoms with van der Waals surface area (Å²) in [7, 11) is 0. The Balaban J connectivity index is 1.37. The van der Waals surface area contributed by atoms with Crippen molar-refractivity contribution in [2.45, 2.75) is 18.8 Å². The van der Waals surface area contributed by atoms with Crippen molar-refractivity contribution >= 4 is 6.03 Å². The van der Waals surface area contributed by atoms with Gasteiger partial charge in [-0.15, -0.1) is 0 Å². The van der Waals surface area contributed by atoms with Gasteiger partial charge >= 0.3 is 6.03 Å². The van der Waals surface area contributed by atoms with Gasteiger partial charge in [0.1, 0.15) is 18.2 Å². The molecule has 1 aliphatic heterocycles. The van der Waals surface area contributed by atoms with Gasteiger partial charge in [-0.05, 0) is 36.5 Å². The fraction of sp³-hybridized carbons (Fsp3) is 0.350. The quantitative estimate of drug-likeness (QED) is 0.840. The monoisotopic (exact) mass is 342 g/mol. The number of halogens is 1. The number of carbonyl (C=O) groups excluding carboxylic acids is 1. The maximum atomic E-state index is 13.0. The van der Waals surface area contributed by atoms with Gasteiger partial charge in [-0.3, -0.25) is 0 Å². The number of rotatable bonds is 5. The molecule has 5 heteroatoms. The number of likely N-dealkylation sites (tertiary alicyclic amines) is 1. The van der Waals surface area contributed by atoms with Crippen molar-refractivity contribution < 1.29 is 13.9 Å². The number of ether oxygens (including phenoxy) is 1. The number of piperidine rings is 1. The Kier molecular flexibility index (Phi) is 5.88. The zero-order chi connectivity index (χ0) is 17.5. The molecule has 0 spiro atoms. The van der Waals surface area contributed by atoms with Gasteiger partial charge in [0, 0.05) is 19.2 Å². The summed E-state index contributed by atoms with van der Waals surface area (Å²) in [5, 5.41) is 2.86. The topological polar surface area (TPSA) is 41.6 Å². The first-order valence-corrected chi connectivity index (χ1v) is 8.68. The van der Waals surface area contributed by atoms with Gasteiger partial charge in [0.2, 0.25) is 0 Å². The van der Waals surface area contributed by atoms with Crippen LogP contribution in [0.1, 0.15) is 24.3 Å². The molecule has 0 saturated carbocycles. The van der Waals surface area contributed by atoms with Crippen LogP contribution >= 0.6 is 0 Å². The number of hydrogen-bond donors (Lipinski definition) is 1. The van der Waals surface area contributed by atoms with Crippen LogP contribution in [0.25, 0.3) is 0 Å². The lowest BCUT2D eigenvalue weighted by Gasteiger charge is -2.32. The van der Waals surface area contributed by atoms with Crippen molar-refractivity contribution in [3.05, 3.63) is 66.0 Å². The van der Waals surface area contributed by atoms with Crippen LogP contribution in [0.4, 0.5) is 9.18 Å². The minimum absolute atomic E-state index is 0.0608. The SMILES string of the molecule is O=C(NCCOc1cccc(F)c1)N1CCC(c2ccccc2)CC1. The van der Waals surface area contributed by atoms with E-state index in [2.05, 4.69) is 29.6 Å². The van der Waals surface area contributed by atoms with E-state index in [1.54, 1.807) is 12.1 Å². The Morgan fingerprint density at radius 1 is 1.12 bits per heavy atom. The number of amides is 2. The highest BCUT2D eigenvalue weighted by Crippen LogP contribution is 2.27. The van der Waals surface area contributed by atoms with Crippen LogP contribution in [0.3, 0.4) is 0 Å². The molecule has 132 valence electrons. The smallest absolute Gasteiger partial charge is 0.317 e. The lowest BCUT2D eigenvalue weighted by atomic mass is 9.90. The Morgan fingerprint density at radius 3 is 2.60 bits per heavy atom. The van der Waals surface area contributed by atoms with Gasteiger partial charge in [-0.2, -0.15) is 0 Å². The molecule has 0 radical (unpaired) electrons. The summed E-state index contributed by atoms with van der Waals surface area (Å²) in [6.45, 7) is 2.23. The Labute approximate surface area is 147 Å². The summed E-state index contributed by atoms with van der Waals surface area (Å²) in [5.41, 5.74) is 1.35. The molecule has 0 aliphatic carbocycles. The van der Waals surface area contributed by atoms with E-state index in [4.69, 9.17) is 4.74 Å². The molecule has 2 aromatic carbocycles. The summed E-state index contributed by atoms with van der Waals surface area (Å²) in [5.74, 6) is 0.669. The van der Waals surface area contributed by atoms with Crippen LogP contribution in [0.15, 0.2) is 54.6 Å². The fourth-order valence-electron chi connectivity index (χ4n) is 3.14. The molecular weight excluding hydrogens is 319 g/mol. The van der Waals surface area contributed by atoms with E-state index in [9.17, 15) is 9.18 Å². The molecule has 3 rings (SSSR count). The molecule has 0 unspecified atom stereocenters. The van der Waals surface area contributed by atoms with E-state index in [1.807, 2.05) is 11.0 Å². The van der Waals surface area contributed by atoms with E-state index in [-0.39, 0.29) is 11.8 Å². The van der Waals surface area contributed by atoms with E-state index < -0.39 is 0 Å². The van der Waals surface area contributed by atoms with Crippen molar-refractivity contribution in [3.8, 4) is 5.75 Å². The van der Waals surface area contributed by atoms with Gasteiger partial charge in [-0.25, -0.2) is 9.18 Å². The molecule has 2 amide bonds. The number of nitrogens with zero attached hydrogens (tertiary/aromatic N) is 1. The van der Waals surface area contributed by atoms with Crippen LogP contribution in [0.2, 0.25) is 0 Å². The molecule has 0 bridgehead atoms. The number of urea groups is 1. The molecular formula is C20H23FN2O2. The van der Waals surface area contributed by atoms with E-state index in [1.165, 1.54) is 17.7 Å². The summed E-state index contributed by atoms with van der Waals surface area (Å²) in [4.78, 5) is 14.1. The molecule has 2 aromatic rings. The molecule has 1 N–H and O–H groups in total. The highest BCUT2D eigenvalue weighted by molar-refractivity contribution is 5.74. The van der Waals surface area contributed by atoms with Crippen molar-refractivity contribution in [1.29, 1.82) is 0 Å². The van der Waals surface area contributed by atoms with Crippen LogP contribution in [0, 0.1) is 5.82 Å². The van der Waals surface area contributed by atoms with Gasteiger partial charge in [0.15, 0.2) is 0 Å². The van der Waals surface area contributed by atoms with Gasteiger partial charge < -0.3 is 15.0 Å².